The number of hydrogen-bond acceptors (Lipinski definition) is 2. The molecule has 0 spiro atoms. The zero-order chi connectivity index (χ0) is 13.9. The highest BCUT2D eigenvalue weighted by atomic mass is 16.6. The summed E-state index contributed by atoms with van der Waals surface area (Å²) in [5.74, 6) is 0.135. The van der Waals surface area contributed by atoms with Crippen molar-refractivity contribution in [2.24, 2.45) is 5.92 Å². The number of benzene rings is 2. The number of carbonyl (C=O) groups is 1. The standard InChI is InChI=1S/C18H20O2/c1-2-17-16(18(19)20-17)9-5-6-13-10-11-14-7-3-4-8-15(14)12-13/h3-4,7-8,10-12,16-17H,2,5-6,9H2,1H3. The van der Waals surface area contributed by atoms with Crippen LogP contribution in [0.2, 0.25) is 0 Å². The Kier molecular flexibility index (Phi) is 3.72. The van der Waals surface area contributed by atoms with E-state index < -0.39 is 0 Å². The highest BCUT2D eigenvalue weighted by Gasteiger charge is 2.40. The number of rotatable bonds is 5. The van der Waals surface area contributed by atoms with Gasteiger partial charge in [-0.2, -0.15) is 0 Å². The Morgan fingerprint density at radius 3 is 2.65 bits per heavy atom. The average Bonchev–Trinajstić information content (AvgIpc) is 2.48. The van der Waals surface area contributed by atoms with E-state index in [2.05, 4.69) is 49.4 Å². The summed E-state index contributed by atoms with van der Waals surface area (Å²) in [6.07, 6.45) is 4.13. The summed E-state index contributed by atoms with van der Waals surface area (Å²) in [4.78, 5) is 11.4. The smallest absolute Gasteiger partial charge is 0.313 e. The molecule has 2 nitrogen and oxygen atoms in total. The fourth-order valence-corrected chi connectivity index (χ4v) is 2.99. The second-order valence-corrected chi connectivity index (χ2v) is 5.56. The minimum Gasteiger partial charge on any atom is -0.461 e. The largest absolute Gasteiger partial charge is 0.461 e. The van der Waals surface area contributed by atoms with Crippen LogP contribution in [-0.2, 0) is 16.0 Å². The van der Waals surface area contributed by atoms with Gasteiger partial charge in [0.2, 0.25) is 0 Å². The maximum atomic E-state index is 11.4. The second kappa shape index (κ2) is 5.66. The van der Waals surface area contributed by atoms with E-state index >= 15 is 0 Å². The first kappa shape index (κ1) is 13.2. The maximum Gasteiger partial charge on any atom is 0.313 e. The van der Waals surface area contributed by atoms with Gasteiger partial charge >= 0.3 is 5.97 Å². The molecule has 0 saturated carbocycles. The molecule has 3 rings (SSSR count). The van der Waals surface area contributed by atoms with E-state index in [4.69, 9.17) is 4.74 Å². The molecule has 2 atom stereocenters. The van der Waals surface area contributed by atoms with Crippen molar-refractivity contribution < 1.29 is 9.53 Å². The van der Waals surface area contributed by atoms with Gasteiger partial charge in [-0.1, -0.05) is 49.4 Å². The molecule has 2 unspecified atom stereocenters. The summed E-state index contributed by atoms with van der Waals surface area (Å²) < 4.78 is 5.12. The fraction of sp³-hybridized carbons (Fsp3) is 0.389. The molecular formula is C18H20O2. The third kappa shape index (κ3) is 2.55. The molecule has 0 aromatic heterocycles. The molecule has 2 heteroatoms. The Morgan fingerprint density at radius 1 is 1.10 bits per heavy atom. The summed E-state index contributed by atoms with van der Waals surface area (Å²) in [5, 5.41) is 2.57. The van der Waals surface area contributed by atoms with Crippen LogP contribution in [0.4, 0.5) is 0 Å². The Hall–Kier alpha value is -1.83. The van der Waals surface area contributed by atoms with E-state index in [-0.39, 0.29) is 18.0 Å². The van der Waals surface area contributed by atoms with Crippen molar-refractivity contribution in [1.82, 2.24) is 0 Å². The maximum absolute atomic E-state index is 11.4. The van der Waals surface area contributed by atoms with Crippen molar-refractivity contribution in [2.45, 2.75) is 38.7 Å². The van der Waals surface area contributed by atoms with Crippen LogP contribution in [0, 0.1) is 5.92 Å². The third-order valence-electron chi connectivity index (χ3n) is 4.22. The molecule has 1 heterocycles. The van der Waals surface area contributed by atoms with E-state index in [1.54, 1.807) is 0 Å². The van der Waals surface area contributed by atoms with Crippen LogP contribution in [0.1, 0.15) is 31.7 Å². The molecule has 2 aromatic rings. The summed E-state index contributed by atoms with van der Waals surface area (Å²) >= 11 is 0. The van der Waals surface area contributed by atoms with E-state index in [9.17, 15) is 4.79 Å². The Bertz CT molecular complexity index is 618. The number of ether oxygens (including phenoxy) is 1. The zero-order valence-electron chi connectivity index (χ0n) is 11.8. The average molecular weight is 268 g/mol. The van der Waals surface area contributed by atoms with Crippen LogP contribution in [0.5, 0.6) is 0 Å². The van der Waals surface area contributed by atoms with Gasteiger partial charge in [0.1, 0.15) is 6.10 Å². The van der Waals surface area contributed by atoms with Crippen molar-refractivity contribution >= 4 is 16.7 Å². The SMILES string of the molecule is CCC1OC(=O)C1CCCc1ccc2ccccc2c1. The number of esters is 1. The summed E-state index contributed by atoms with van der Waals surface area (Å²) in [5.41, 5.74) is 1.35. The van der Waals surface area contributed by atoms with E-state index in [0.717, 1.165) is 25.7 Å². The van der Waals surface area contributed by atoms with Gasteiger partial charge in [-0.25, -0.2) is 0 Å². The summed E-state index contributed by atoms with van der Waals surface area (Å²) in [6.45, 7) is 2.08. The first-order chi connectivity index (χ1) is 9.78. The lowest BCUT2D eigenvalue weighted by Crippen LogP contribution is -2.44. The van der Waals surface area contributed by atoms with E-state index in [1.165, 1.54) is 16.3 Å². The lowest BCUT2D eigenvalue weighted by Gasteiger charge is -2.34. The van der Waals surface area contributed by atoms with Crippen LogP contribution in [-0.4, -0.2) is 12.1 Å². The van der Waals surface area contributed by atoms with Gasteiger partial charge in [0, 0.05) is 0 Å². The molecule has 1 saturated heterocycles. The van der Waals surface area contributed by atoms with Gasteiger partial charge in [0.15, 0.2) is 0 Å². The third-order valence-corrected chi connectivity index (χ3v) is 4.22. The highest BCUT2D eigenvalue weighted by molar-refractivity contribution is 5.83. The fourth-order valence-electron chi connectivity index (χ4n) is 2.99. The number of aryl methyl sites for hydroxylation is 1. The van der Waals surface area contributed by atoms with Crippen molar-refractivity contribution in [2.75, 3.05) is 0 Å². The van der Waals surface area contributed by atoms with Gasteiger partial charge in [-0.3, -0.25) is 4.79 Å². The summed E-state index contributed by atoms with van der Waals surface area (Å²) in [6, 6.07) is 15.0. The first-order valence-electron chi connectivity index (χ1n) is 7.46. The van der Waals surface area contributed by atoms with E-state index in [1.807, 2.05) is 0 Å². The van der Waals surface area contributed by atoms with Crippen LogP contribution in [0.15, 0.2) is 42.5 Å². The minimum atomic E-state index is -0.00429. The van der Waals surface area contributed by atoms with Gasteiger partial charge in [0.25, 0.3) is 0 Å². The van der Waals surface area contributed by atoms with Crippen molar-refractivity contribution in [3.8, 4) is 0 Å². The molecular weight excluding hydrogens is 248 g/mol. The molecule has 0 aliphatic carbocycles. The predicted molar refractivity (Wildman–Crippen MR) is 80.5 cm³/mol. The molecule has 0 N–H and O–H groups in total. The van der Waals surface area contributed by atoms with Crippen molar-refractivity contribution in [1.29, 1.82) is 0 Å². The number of fused-ring (bicyclic) bond motifs is 1. The Morgan fingerprint density at radius 2 is 1.90 bits per heavy atom. The lowest BCUT2D eigenvalue weighted by atomic mass is 9.89. The molecule has 0 radical (unpaired) electrons. The molecule has 0 bridgehead atoms. The second-order valence-electron chi connectivity index (χ2n) is 5.56. The van der Waals surface area contributed by atoms with Crippen molar-refractivity contribution in [3.63, 3.8) is 0 Å². The highest BCUT2D eigenvalue weighted by Crippen LogP contribution is 2.29. The summed E-state index contributed by atoms with van der Waals surface area (Å²) in [7, 11) is 0. The zero-order valence-corrected chi connectivity index (χ0v) is 11.8. The van der Waals surface area contributed by atoms with Crippen LogP contribution >= 0.6 is 0 Å². The number of carbonyl (C=O) groups excluding carboxylic acids is 1. The molecule has 0 amide bonds. The predicted octanol–water partition coefficient (Wildman–Crippen LogP) is 4.11. The van der Waals surface area contributed by atoms with Gasteiger partial charge < -0.3 is 4.74 Å². The quantitative estimate of drug-likeness (QED) is 0.763. The van der Waals surface area contributed by atoms with Gasteiger partial charge in [-0.05, 0) is 42.0 Å². The molecule has 1 aliphatic rings. The number of hydrogen-bond donors (Lipinski definition) is 0. The topological polar surface area (TPSA) is 26.3 Å². The van der Waals surface area contributed by atoms with E-state index in [0.29, 0.717) is 0 Å². The van der Waals surface area contributed by atoms with Gasteiger partial charge in [-0.15, -0.1) is 0 Å². The van der Waals surface area contributed by atoms with Crippen molar-refractivity contribution in [3.05, 3.63) is 48.0 Å². The Balaban J connectivity index is 1.58. The molecule has 20 heavy (non-hydrogen) atoms. The monoisotopic (exact) mass is 268 g/mol. The molecule has 104 valence electrons. The molecule has 1 aliphatic heterocycles. The minimum absolute atomic E-state index is 0.00429. The Labute approximate surface area is 119 Å². The van der Waals surface area contributed by atoms with Crippen LogP contribution < -0.4 is 0 Å². The normalized spacial score (nSPS) is 21.6. The molecule has 2 aromatic carbocycles. The molecule has 1 fully saturated rings. The lowest BCUT2D eigenvalue weighted by molar-refractivity contribution is -0.185. The first-order valence-corrected chi connectivity index (χ1v) is 7.46. The van der Waals surface area contributed by atoms with Gasteiger partial charge in [0.05, 0.1) is 5.92 Å². The number of cyclic esters (lactones) is 1. The van der Waals surface area contributed by atoms with Crippen LogP contribution in [0.3, 0.4) is 0 Å². The van der Waals surface area contributed by atoms with Crippen LogP contribution in [0.25, 0.3) is 10.8 Å².